The molecule has 2 aromatic rings. The van der Waals surface area contributed by atoms with Crippen molar-refractivity contribution in [3.05, 3.63) is 59.7 Å². The number of carbonyl (C=O) groups is 2. The molecule has 2 aliphatic rings. The van der Waals surface area contributed by atoms with Crippen LogP contribution < -0.4 is 5.32 Å². The number of carbonyl (C=O) groups excluding carboxylic acids is 2. The Morgan fingerprint density at radius 2 is 1.72 bits per heavy atom. The molecule has 2 amide bonds. The van der Waals surface area contributed by atoms with Crippen LogP contribution in [-0.2, 0) is 26.1 Å². The minimum absolute atomic E-state index is 0.0646. The maximum atomic E-state index is 12.5. The predicted octanol–water partition coefficient (Wildman–Crippen LogP) is 1.30. The fraction of sp³-hybridized carbons (Fsp3) is 0.300. The Morgan fingerprint density at radius 1 is 1.03 bits per heavy atom. The third-order valence-electron chi connectivity index (χ3n) is 4.95. The molecule has 0 aromatic heterocycles. The molecule has 1 fully saturated rings. The van der Waals surface area contributed by atoms with Crippen LogP contribution in [0.5, 0.6) is 0 Å². The lowest BCUT2D eigenvalue weighted by molar-refractivity contribution is -0.116. The van der Waals surface area contributed by atoms with Crippen molar-refractivity contribution in [3.63, 3.8) is 0 Å². The molecule has 0 bridgehead atoms. The summed E-state index contributed by atoms with van der Waals surface area (Å²) in [7, 11) is -4.00. The second-order valence-corrected chi connectivity index (χ2v) is 8.78. The van der Waals surface area contributed by atoms with Gasteiger partial charge in [0.1, 0.15) is 11.4 Å². The van der Waals surface area contributed by atoms with Gasteiger partial charge in [0.2, 0.25) is 5.91 Å². The van der Waals surface area contributed by atoms with E-state index in [4.69, 9.17) is 4.74 Å². The van der Waals surface area contributed by atoms with Gasteiger partial charge < -0.3 is 10.1 Å². The van der Waals surface area contributed by atoms with Crippen molar-refractivity contribution < 1.29 is 22.7 Å². The van der Waals surface area contributed by atoms with E-state index in [0.717, 1.165) is 38.4 Å². The van der Waals surface area contributed by atoms with Gasteiger partial charge >= 0.3 is 0 Å². The van der Waals surface area contributed by atoms with E-state index in [2.05, 4.69) is 10.2 Å². The summed E-state index contributed by atoms with van der Waals surface area (Å²) >= 11 is 0. The van der Waals surface area contributed by atoms with E-state index < -0.39 is 28.4 Å². The molecule has 0 saturated carbocycles. The van der Waals surface area contributed by atoms with E-state index in [-0.39, 0.29) is 10.5 Å². The standard InChI is InChI=1S/C20H21N3O5S/c24-19(14-23-20(25)17-3-1-2-4-18(17)29(23,26)27)21-16-7-5-15(6-8-16)13-22-9-11-28-12-10-22/h1-8H,9-14H2,(H,21,24). The number of sulfonamides is 1. The first kappa shape index (κ1) is 19.6. The van der Waals surface area contributed by atoms with Crippen molar-refractivity contribution in [2.75, 3.05) is 38.2 Å². The van der Waals surface area contributed by atoms with E-state index in [0.29, 0.717) is 9.99 Å². The van der Waals surface area contributed by atoms with Crippen molar-refractivity contribution in [1.29, 1.82) is 0 Å². The van der Waals surface area contributed by atoms with Crippen LogP contribution >= 0.6 is 0 Å². The van der Waals surface area contributed by atoms with Gasteiger partial charge in [-0.15, -0.1) is 0 Å². The summed E-state index contributed by atoms with van der Waals surface area (Å²) in [4.78, 5) is 27.0. The number of hydrogen-bond acceptors (Lipinski definition) is 6. The van der Waals surface area contributed by atoms with Crippen molar-refractivity contribution in [3.8, 4) is 0 Å². The lowest BCUT2D eigenvalue weighted by Gasteiger charge is -2.26. The second-order valence-electron chi connectivity index (χ2n) is 6.95. The van der Waals surface area contributed by atoms with Gasteiger partial charge in [-0.05, 0) is 29.8 Å². The first-order valence-electron chi connectivity index (χ1n) is 9.30. The molecule has 8 nitrogen and oxygen atoms in total. The van der Waals surface area contributed by atoms with Crippen LogP contribution in [0.25, 0.3) is 0 Å². The third kappa shape index (κ3) is 4.02. The van der Waals surface area contributed by atoms with Gasteiger partial charge in [-0.3, -0.25) is 14.5 Å². The molecule has 29 heavy (non-hydrogen) atoms. The van der Waals surface area contributed by atoms with Gasteiger partial charge in [0.15, 0.2) is 0 Å². The van der Waals surface area contributed by atoms with Crippen LogP contribution in [0, 0.1) is 0 Å². The maximum Gasteiger partial charge on any atom is 0.269 e. The van der Waals surface area contributed by atoms with Crippen LogP contribution in [0.2, 0.25) is 0 Å². The smallest absolute Gasteiger partial charge is 0.269 e. The predicted molar refractivity (Wildman–Crippen MR) is 106 cm³/mol. The van der Waals surface area contributed by atoms with Crippen LogP contribution in [0.1, 0.15) is 15.9 Å². The van der Waals surface area contributed by atoms with Gasteiger partial charge in [0, 0.05) is 25.3 Å². The lowest BCUT2D eigenvalue weighted by atomic mass is 10.2. The topological polar surface area (TPSA) is 96.0 Å². The van der Waals surface area contributed by atoms with E-state index in [1.807, 2.05) is 12.1 Å². The average Bonchev–Trinajstić information content (AvgIpc) is 2.91. The fourth-order valence-corrected chi connectivity index (χ4v) is 4.95. The Morgan fingerprint density at radius 3 is 2.41 bits per heavy atom. The maximum absolute atomic E-state index is 12.5. The molecule has 2 aliphatic heterocycles. The van der Waals surface area contributed by atoms with Gasteiger partial charge in [-0.2, -0.15) is 0 Å². The number of rotatable bonds is 5. The van der Waals surface area contributed by atoms with E-state index >= 15 is 0 Å². The number of anilines is 1. The largest absolute Gasteiger partial charge is 0.379 e. The monoisotopic (exact) mass is 415 g/mol. The molecule has 1 N–H and O–H groups in total. The Labute approximate surface area is 169 Å². The molecular weight excluding hydrogens is 394 g/mol. The number of benzene rings is 2. The molecular formula is C20H21N3O5S. The van der Waals surface area contributed by atoms with Crippen molar-refractivity contribution in [1.82, 2.24) is 9.21 Å². The van der Waals surface area contributed by atoms with E-state index in [9.17, 15) is 18.0 Å². The van der Waals surface area contributed by atoms with Crippen LogP contribution in [0.15, 0.2) is 53.4 Å². The average molecular weight is 415 g/mol. The molecule has 2 aromatic carbocycles. The minimum Gasteiger partial charge on any atom is -0.379 e. The fourth-order valence-electron chi connectivity index (χ4n) is 3.43. The van der Waals surface area contributed by atoms with Gasteiger partial charge in [0.25, 0.3) is 15.9 Å². The quantitative estimate of drug-likeness (QED) is 0.791. The summed E-state index contributed by atoms with van der Waals surface area (Å²) in [5, 5.41) is 2.65. The third-order valence-corrected chi connectivity index (χ3v) is 6.73. The number of ether oxygens (including phenoxy) is 1. The molecule has 9 heteroatoms. The van der Waals surface area contributed by atoms with Crippen LogP contribution in [-0.4, -0.2) is 62.3 Å². The molecule has 152 valence electrons. The van der Waals surface area contributed by atoms with Crippen LogP contribution in [0.4, 0.5) is 5.69 Å². The highest BCUT2D eigenvalue weighted by Gasteiger charge is 2.41. The molecule has 1 saturated heterocycles. The van der Waals surface area contributed by atoms with Gasteiger partial charge in [0.05, 0.1) is 18.8 Å². The summed E-state index contributed by atoms with van der Waals surface area (Å²) in [6.45, 7) is 3.48. The zero-order valence-electron chi connectivity index (χ0n) is 15.7. The van der Waals surface area contributed by atoms with E-state index in [1.54, 1.807) is 24.3 Å². The summed E-state index contributed by atoms with van der Waals surface area (Å²) in [6, 6.07) is 13.3. The SMILES string of the molecule is O=C(CN1C(=O)c2ccccc2S1(=O)=O)Nc1ccc(CN2CCOCC2)cc1. The number of morpholine rings is 1. The summed E-state index contributed by atoms with van der Waals surface area (Å²) < 4.78 is 31.0. The first-order valence-corrected chi connectivity index (χ1v) is 10.7. The highest BCUT2D eigenvalue weighted by Crippen LogP contribution is 2.29. The number of fused-ring (bicyclic) bond motifs is 1. The highest BCUT2D eigenvalue weighted by atomic mass is 32.2. The number of hydrogen-bond donors (Lipinski definition) is 1. The van der Waals surface area contributed by atoms with E-state index in [1.165, 1.54) is 12.1 Å². The van der Waals surface area contributed by atoms with Crippen molar-refractivity contribution >= 4 is 27.5 Å². The number of nitrogens with one attached hydrogen (secondary N) is 1. The van der Waals surface area contributed by atoms with Crippen molar-refractivity contribution in [2.24, 2.45) is 0 Å². The normalized spacial score (nSPS) is 18.5. The molecule has 0 radical (unpaired) electrons. The van der Waals surface area contributed by atoms with Gasteiger partial charge in [-0.1, -0.05) is 24.3 Å². The summed E-state index contributed by atoms with van der Waals surface area (Å²) in [5.74, 6) is -1.26. The molecule has 0 spiro atoms. The first-order chi connectivity index (χ1) is 13.9. The lowest BCUT2D eigenvalue weighted by Crippen LogP contribution is -2.37. The zero-order valence-corrected chi connectivity index (χ0v) is 16.5. The Kier molecular flexibility index (Phi) is 5.35. The number of nitrogens with zero attached hydrogens (tertiary/aromatic N) is 2. The summed E-state index contributed by atoms with van der Waals surface area (Å²) in [6.07, 6.45) is 0. The molecule has 0 unspecified atom stereocenters. The highest BCUT2D eigenvalue weighted by molar-refractivity contribution is 7.90. The Hall–Kier alpha value is -2.75. The second kappa shape index (κ2) is 7.94. The van der Waals surface area contributed by atoms with Gasteiger partial charge in [-0.25, -0.2) is 12.7 Å². The Balaban J connectivity index is 1.38. The molecule has 4 rings (SSSR count). The van der Waals surface area contributed by atoms with Crippen LogP contribution in [0.3, 0.4) is 0 Å². The molecule has 0 aliphatic carbocycles. The van der Waals surface area contributed by atoms with Crippen molar-refractivity contribution in [2.45, 2.75) is 11.4 Å². The summed E-state index contributed by atoms with van der Waals surface area (Å²) in [5.41, 5.74) is 1.74. The molecule has 0 atom stereocenters. The Bertz CT molecular complexity index is 1030. The number of amides is 2. The molecule has 2 heterocycles. The minimum atomic E-state index is -4.00. The zero-order chi connectivity index (χ0) is 20.4.